The monoisotopic (exact) mass is 293 g/mol. The second-order valence-corrected chi connectivity index (χ2v) is 6.56. The third-order valence-corrected chi connectivity index (χ3v) is 4.33. The molecule has 0 aromatic carbocycles. The van der Waals surface area contributed by atoms with Gasteiger partial charge in [-0.15, -0.1) is 0 Å². The van der Waals surface area contributed by atoms with Gasteiger partial charge in [-0.05, 0) is 18.3 Å². The predicted molar refractivity (Wildman–Crippen MR) is 80.3 cm³/mol. The third kappa shape index (κ3) is 2.89. The van der Waals surface area contributed by atoms with E-state index in [4.69, 9.17) is 10.5 Å². The molecular formula is C15H23N3O3. The predicted octanol–water partition coefficient (Wildman–Crippen LogP) is 2.60. The molecule has 116 valence electrons. The van der Waals surface area contributed by atoms with Crippen molar-refractivity contribution in [2.45, 2.75) is 39.2 Å². The molecule has 1 aliphatic heterocycles. The molecule has 1 fully saturated rings. The maximum atomic E-state index is 11.6. The standard InChI is InChI=1S/C15H23N3O3/c1-14(2,3)15(5-4-6-18(15)13(19)20)10-21-12-7-11(16)8-17-9-12/h7-9H,4-6,10,16H2,1-3H3,(H,19,20). The van der Waals surface area contributed by atoms with Crippen LogP contribution in [0.2, 0.25) is 0 Å². The quantitative estimate of drug-likeness (QED) is 0.894. The second kappa shape index (κ2) is 5.42. The summed E-state index contributed by atoms with van der Waals surface area (Å²) in [5.41, 5.74) is 5.45. The van der Waals surface area contributed by atoms with Gasteiger partial charge >= 0.3 is 6.09 Å². The Hall–Kier alpha value is -1.98. The van der Waals surface area contributed by atoms with Gasteiger partial charge in [0.1, 0.15) is 12.4 Å². The number of ether oxygens (including phenoxy) is 1. The maximum absolute atomic E-state index is 11.6. The third-order valence-electron chi connectivity index (χ3n) is 4.33. The fourth-order valence-corrected chi connectivity index (χ4v) is 3.02. The Morgan fingerprint density at radius 1 is 1.52 bits per heavy atom. The summed E-state index contributed by atoms with van der Waals surface area (Å²) in [6.45, 7) is 7.00. The van der Waals surface area contributed by atoms with Crippen LogP contribution in [0.3, 0.4) is 0 Å². The molecule has 0 radical (unpaired) electrons. The van der Waals surface area contributed by atoms with Crippen LogP contribution < -0.4 is 10.5 Å². The Labute approximate surface area is 124 Å². The second-order valence-electron chi connectivity index (χ2n) is 6.56. The van der Waals surface area contributed by atoms with Crippen molar-refractivity contribution in [2.75, 3.05) is 18.9 Å². The van der Waals surface area contributed by atoms with Crippen LogP contribution in [-0.4, -0.2) is 39.8 Å². The van der Waals surface area contributed by atoms with Crippen molar-refractivity contribution in [1.29, 1.82) is 0 Å². The average Bonchev–Trinajstić information content (AvgIpc) is 2.81. The van der Waals surface area contributed by atoms with E-state index in [9.17, 15) is 9.90 Å². The van der Waals surface area contributed by atoms with Crippen molar-refractivity contribution in [3.63, 3.8) is 0 Å². The number of pyridine rings is 1. The smallest absolute Gasteiger partial charge is 0.407 e. The van der Waals surface area contributed by atoms with Crippen LogP contribution in [0.1, 0.15) is 33.6 Å². The largest absolute Gasteiger partial charge is 0.489 e. The molecule has 3 N–H and O–H groups in total. The highest BCUT2D eigenvalue weighted by atomic mass is 16.5. The molecule has 6 heteroatoms. The number of hydrogen-bond acceptors (Lipinski definition) is 4. The lowest BCUT2D eigenvalue weighted by Crippen LogP contribution is -2.58. The SMILES string of the molecule is CC(C)(C)C1(COc2cncc(N)c2)CCCN1C(=O)O. The number of hydrogen-bond donors (Lipinski definition) is 2. The minimum Gasteiger partial charge on any atom is -0.489 e. The number of anilines is 1. The number of carbonyl (C=O) groups is 1. The molecule has 1 amide bonds. The molecule has 1 atom stereocenters. The van der Waals surface area contributed by atoms with Crippen LogP contribution in [0, 0.1) is 5.41 Å². The summed E-state index contributed by atoms with van der Waals surface area (Å²) < 4.78 is 5.83. The van der Waals surface area contributed by atoms with Gasteiger partial charge in [0.2, 0.25) is 0 Å². The van der Waals surface area contributed by atoms with Crippen molar-refractivity contribution in [3.8, 4) is 5.75 Å². The minimum atomic E-state index is -0.892. The zero-order chi connectivity index (χ0) is 15.7. The van der Waals surface area contributed by atoms with Crippen molar-refractivity contribution in [3.05, 3.63) is 18.5 Å². The van der Waals surface area contributed by atoms with Gasteiger partial charge in [0.25, 0.3) is 0 Å². The molecule has 0 bridgehead atoms. The molecule has 0 saturated carbocycles. The number of likely N-dealkylation sites (tertiary alicyclic amines) is 1. The van der Waals surface area contributed by atoms with Crippen molar-refractivity contribution in [2.24, 2.45) is 5.41 Å². The normalized spacial score (nSPS) is 22.3. The highest BCUT2D eigenvalue weighted by molar-refractivity contribution is 5.67. The molecular weight excluding hydrogens is 270 g/mol. The summed E-state index contributed by atoms with van der Waals surface area (Å²) in [5.74, 6) is 0.566. The van der Waals surface area contributed by atoms with E-state index in [-0.39, 0.29) is 5.41 Å². The molecule has 1 aromatic rings. The van der Waals surface area contributed by atoms with Gasteiger partial charge in [0.15, 0.2) is 0 Å². The molecule has 0 aliphatic carbocycles. The van der Waals surface area contributed by atoms with E-state index in [1.54, 1.807) is 18.5 Å². The van der Waals surface area contributed by atoms with Crippen LogP contribution >= 0.6 is 0 Å². The lowest BCUT2D eigenvalue weighted by atomic mass is 9.72. The fourth-order valence-electron chi connectivity index (χ4n) is 3.02. The summed E-state index contributed by atoms with van der Waals surface area (Å²) in [5, 5.41) is 9.49. The van der Waals surface area contributed by atoms with Crippen LogP contribution in [-0.2, 0) is 0 Å². The van der Waals surface area contributed by atoms with E-state index in [1.165, 1.54) is 4.90 Å². The Balaban J connectivity index is 2.24. The van der Waals surface area contributed by atoms with E-state index in [0.29, 0.717) is 24.6 Å². The summed E-state index contributed by atoms with van der Waals surface area (Å²) in [4.78, 5) is 17.1. The first-order chi connectivity index (χ1) is 9.76. The zero-order valence-corrected chi connectivity index (χ0v) is 12.8. The van der Waals surface area contributed by atoms with Crippen LogP contribution in [0.15, 0.2) is 18.5 Å². The molecule has 1 aliphatic rings. The highest BCUT2D eigenvalue weighted by Gasteiger charge is 2.52. The minimum absolute atomic E-state index is 0.227. The van der Waals surface area contributed by atoms with Gasteiger partial charge in [0, 0.05) is 12.6 Å². The Morgan fingerprint density at radius 2 is 2.24 bits per heavy atom. The lowest BCUT2D eigenvalue weighted by Gasteiger charge is -2.46. The van der Waals surface area contributed by atoms with Crippen LogP contribution in [0.5, 0.6) is 5.75 Å². The van der Waals surface area contributed by atoms with Gasteiger partial charge in [-0.2, -0.15) is 0 Å². The summed E-state index contributed by atoms with van der Waals surface area (Å²) in [6, 6.07) is 1.70. The molecule has 6 nitrogen and oxygen atoms in total. The first-order valence-corrected chi connectivity index (χ1v) is 7.10. The van der Waals surface area contributed by atoms with E-state index in [1.807, 2.05) is 0 Å². The molecule has 1 unspecified atom stereocenters. The summed E-state index contributed by atoms with van der Waals surface area (Å²) >= 11 is 0. The number of amides is 1. The van der Waals surface area contributed by atoms with Gasteiger partial charge < -0.3 is 15.6 Å². The van der Waals surface area contributed by atoms with Gasteiger partial charge in [-0.1, -0.05) is 20.8 Å². The number of nitrogens with two attached hydrogens (primary N) is 1. The number of carboxylic acid groups (broad SMARTS) is 1. The van der Waals surface area contributed by atoms with Gasteiger partial charge in [-0.3, -0.25) is 9.88 Å². The molecule has 1 saturated heterocycles. The Bertz CT molecular complexity index is 527. The van der Waals surface area contributed by atoms with Gasteiger partial charge in [-0.25, -0.2) is 4.79 Å². The lowest BCUT2D eigenvalue weighted by molar-refractivity contribution is -0.00374. The van der Waals surface area contributed by atoms with Gasteiger partial charge in [0.05, 0.1) is 23.6 Å². The van der Waals surface area contributed by atoms with E-state index in [0.717, 1.165) is 12.8 Å². The number of nitrogens with zero attached hydrogens (tertiary/aromatic N) is 2. The maximum Gasteiger partial charge on any atom is 0.407 e. The Kier molecular flexibility index (Phi) is 3.98. The van der Waals surface area contributed by atoms with Crippen LogP contribution in [0.25, 0.3) is 0 Å². The first kappa shape index (κ1) is 15.4. The summed E-state index contributed by atoms with van der Waals surface area (Å²) in [6.07, 6.45) is 3.88. The topological polar surface area (TPSA) is 88.7 Å². The van der Waals surface area contributed by atoms with Crippen molar-refractivity contribution >= 4 is 11.8 Å². The van der Waals surface area contributed by atoms with Crippen LogP contribution in [0.4, 0.5) is 10.5 Å². The summed E-state index contributed by atoms with van der Waals surface area (Å²) in [7, 11) is 0. The number of aromatic nitrogens is 1. The molecule has 21 heavy (non-hydrogen) atoms. The molecule has 1 aromatic heterocycles. The average molecular weight is 293 g/mol. The highest BCUT2D eigenvalue weighted by Crippen LogP contribution is 2.44. The zero-order valence-electron chi connectivity index (χ0n) is 12.8. The number of nitrogen functional groups attached to an aromatic ring is 1. The first-order valence-electron chi connectivity index (χ1n) is 7.10. The number of rotatable bonds is 3. The van der Waals surface area contributed by atoms with E-state index >= 15 is 0 Å². The fraction of sp³-hybridized carbons (Fsp3) is 0.600. The molecule has 0 spiro atoms. The van der Waals surface area contributed by atoms with E-state index < -0.39 is 11.6 Å². The molecule has 2 heterocycles. The van der Waals surface area contributed by atoms with Crippen molar-refractivity contribution in [1.82, 2.24) is 9.88 Å². The van der Waals surface area contributed by atoms with E-state index in [2.05, 4.69) is 25.8 Å². The van der Waals surface area contributed by atoms with Crippen molar-refractivity contribution < 1.29 is 14.6 Å². The Morgan fingerprint density at radius 3 is 2.81 bits per heavy atom. The molecule has 2 rings (SSSR count).